The lowest BCUT2D eigenvalue weighted by atomic mass is 10.0. The van der Waals surface area contributed by atoms with Gasteiger partial charge in [-0.25, -0.2) is 0 Å². The van der Waals surface area contributed by atoms with Gasteiger partial charge in [0.2, 0.25) is 0 Å². The average molecular weight is 367 g/mol. The van der Waals surface area contributed by atoms with Crippen LogP contribution in [-0.4, -0.2) is 32.2 Å². The Labute approximate surface area is 160 Å². The zero-order valence-electron chi connectivity index (χ0n) is 15.8. The number of amides is 1. The van der Waals surface area contributed by atoms with E-state index in [4.69, 9.17) is 9.47 Å². The SMILES string of the molecule is Cc1ccccc1NC(=O)C[NH+]1CCC[C@H]1c1ccc2c(c1)OCCCO2. The molecular weight excluding hydrogens is 340 g/mol. The van der Waals surface area contributed by atoms with Crippen LogP contribution in [0.25, 0.3) is 0 Å². The minimum atomic E-state index is 0.0699. The number of quaternary nitrogens is 1. The van der Waals surface area contributed by atoms with Crippen LogP contribution in [0.3, 0.4) is 0 Å². The van der Waals surface area contributed by atoms with Crippen molar-refractivity contribution in [1.82, 2.24) is 0 Å². The largest absolute Gasteiger partial charge is 0.490 e. The number of nitrogens with one attached hydrogen (secondary N) is 2. The Bertz CT molecular complexity index is 821. The van der Waals surface area contributed by atoms with Gasteiger partial charge in [-0.15, -0.1) is 0 Å². The molecule has 2 aromatic carbocycles. The Morgan fingerprint density at radius 3 is 2.78 bits per heavy atom. The lowest BCUT2D eigenvalue weighted by Crippen LogP contribution is -3.11. The van der Waals surface area contributed by atoms with Gasteiger partial charge >= 0.3 is 0 Å². The summed E-state index contributed by atoms with van der Waals surface area (Å²) >= 11 is 0. The van der Waals surface area contributed by atoms with Crippen molar-refractivity contribution >= 4 is 11.6 Å². The van der Waals surface area contributed by atoms with Crippen LogP contribution in [-0.2, 0) is 4.79 Å². The number of carbonyl (C=O) groups is 1. The predicted octanol–water partition coefficient (Wildman–Crippen LogP) is 2.51. The number of hydrogen-bond acceptors (Lipinski definition) is 3. The van der Waals surface area contributed by atoms with Crippen LogP contribution in [0.2, 0.25) is 0 Å². The molecule has 0 bridgehead atoms. The summed E-state index contributed by atoms with van der Waals surface area (Å²) in [6.45, 7) is 4.90. The van der Waals surface area contributed by atoms with Crippen molar-refractivity contribution in [3.8, 4) is 11.5 Å². The second kappa shape index (κ2) is 8.01. The Balaban J connectivity index is 1.45. The molecule has 2 atom stereocenters. The number of carbonyl (C=O) groups excluding carboxylic acids is 1. The molecule has 0 aromatic heterocycles. The van der Waals surface area contributed by atoms with Crippen LogP contribution in [0.15, 0.2) is 42.5 Å². The van der Waals surface area contributed by atoms with Crippen molar-refractivity contribution in [1.29, 1.82) is 0 Å². The maximum atomic E-state index is 12.6. The van der Waals surface area contributed by atoms with E-state index >= 15 is 0 Å². The number of ether oxygens (including phenoxy) is 2. The van der Waals surface area contributed by atoms with Gasteiger partial charge in [-0.2, -0.15) is 0 Å². The monoisotopic (exact) mass is 367 g/mol. The third kappa shape index (κ3) is 4.08. The Hall–Kier alpha value is -2.53. The van der Waals surface area contributed by atoms with Gasteiger partial charge in [0.1, 0.15) is 6.04 Å². The first kappa shape index (κ1) is 17.9. The molecule has 27 heavy (non-hydrogen) atoms. The van der Waals surface area contributed by atoms with Crippen LogP contribution in [0.4, 0.5) is 5.69 Å². The summed E-state index contributed by atoms with van der Waals surface area (Å²) in [4.78, 5) is 13.9. The van der Waals surface area contributed by atoms with Gasteiger partial charge in [0.15, 0.2) is 18.0 Å². The van der Waals surface area contributed by atoms with E-state index in [2.05, 4.69) is 17.4 Å². The molecule has 2 N–H and O–H groups in total. The highest BCUT2D eigenvalue weighted by atomic mass is 16.5. The topological polar surface area (TPSA) is 52.0 Å². The molecule has 0 aliphatic carbocycles. The fourth-order valence-corrected chi connectivity index (χ4v) is 4.04. The minimum Gasteiger partial charge on any atom is -0.490 e. The summed E-state index contributed by atoms with van der Waals surface area (Å²) in [5.74, 6) is 1.73. The first-order valence-electron chi connectivity index (χ1n) is 9.80. The number of fused-ring (bicyclic) bond motifs is 1. The highest BCUT2D eigenvalue weighted by Gasteiger charge is 2.32. The van der Waals surface area contributed by atoms with Crippen LogP contribution in [0.1, 0.15) is 36.4 Å². The molecule has 1 saturated heterocycles. The molecule has 0 saturated carbocycles. The second-order valence-electron chi connectivity index (χ2n) is 7.40. The van der Waals surface area contributed by atoms with Crippen molar-refractivity contribution < 1.29 is 19.2 Å². The Morgan fingerprint density at radius 1 is 1.11 bits per heavy atom. The first-order chi connectivity index (χ1) is 13.2. The van der Waals surface area contributed by atoms with E-state index in [9.17, 15) is 4.79 Å². The van der Waals surface area contributed by atoms with Crippen LogP contribution in [0.5, 0.6) is 11.5 Å². The zero-order valence-corrected chi connectivity index (χ0v) is 15.8. The van der Waals surface area contributed by atoms with Crippen LogP contribution >= 0.6 is 0 Å². The maximum Gasteiger partial charge on any atom is 0.279 e. The molecule has 2 aliphatic rings. The van der Waals surface area contributed by atoms with E-state index in [-0.39, 0.29) is 5.91 Å². The standard InChI is InChI=1S/C22H26N2O3/c1-16-6-2-3-7-18(16)23-22(25)15-24-11-4-8-19(24)17-9-10-20-21(14-17)27-13-5-12-26-20/h2-3,6-7,9-10,14,19H,4-5,8,11-13,15H2,1H3,(H,23,25)/p+1/t19-/m0/s1. The lowest BCUT2D eigenvalue weighted by molar-refractivity contribution is -0.910. The van der Waals surface area contributed by atoms with Crippen LogP contribution < -0.4 is 19.7 Å². The number of rotatable bonds is 4. The molecular formula is C22H27N2O3+. The van der Waals surface area contributed by atoms with Crippen molar-refractivity contribution in [2.75, 3.05) is 31.6 Å². The van der Waals surface area contributed by atoms with Crippen molar-refractivity contribution in [2.24, 2.45) is 0 Å². The maximum absolute atomic E-state index is 12.6. The molecule has 142 valence electrons. The van der Waals surface area contributed by atoms with Crippen molar-refractivity contribution in [3.63, 3.8) is 0 Å². The molecule has 4 rings (SSSR count). The number of hydrogen-bond donors (Lipinski definition) is 2. The minimum absolute atomic E-state index is 0.0699. The summed E-state index contributed by atoms with van der Waals surface area (Å²) in [7, 11) is 0. The van der Waals surface area contributed by atoms with Gasteiger partial charge in [-0.1, -0.05) is 18.2 Å². The normalized spacial score (nSPS) is 21.5. The van der Waals surface area contributed by atoms with Gasteiger partial charge in [0.25, 0.3) is 5.91 Å². The number of benzene rings is 2. The quantitative estimate of drug-likeness (QED) is 0.873. The van der Waals surface area contributed by atoms with E-state index in [1.807, 2.05) is 37.3 Å². The van der Waals surface area contributed by atoms with Gasteiger partial charge in [-0.05, 0) is 36.8 Å². The van der Waals surface area contributed by atoms with Gasteiger partial charge < -0.3 is 19.7 Å². The number of para-hydroxylation sites is 1. The van der Waals surface area contributed by atoms with Crippen molar-refractivity contribution in [3.05, 3.63) is 53.6 Å². The van der Waals surface area contributed by atoms with E-state index in [0.717, 1.165) is 48.6 Å². The van der Waals surface area contributed by atoms with Gasteiger partial charge in [-0.3, -0.25) is 4.79 Å². The zero-order chi connectivity index (χ0) is 18.6. The molecule has 1 fully saturated rings. The van der Waals surface area contributed by atoms with Gasteiger partial charge in [0, 0.05) is 30.5 Å². The number of aryl methyl sites for hydroxylation is 1. The fourth-order valence-electron chi connectivity index (χ4n) is 4.04. The molecule has 1 unspecified atom stereocenters. The van der Waals surface area contributed by atoms with E-state index in [1.54, 1.807) is 0 Å². The van der Waals surface area contributed by atoms with E-state index < -0.39 is 0 Å². The molecule has 1 amide bonds. The summed E-state index contributed by atoms with van der Waals surface area (Å²) in [6.07, 6.45) is 3.13. The van der Waals surface area contributed by atoms with Crippen molar-refractivity contribution in [2.45, 2.75) is 32.2 Å². The summed E-state index contributed by atoms with van der Waals surface area (Å²) in [6, 6.07) is 14.5. The highest BCUT2D eigenvalue weighted by molar-refractivity contribution is 5.92. The second-order valence-corrected chi connectivity index (χ2v) is 7.40. The number of anilines is 1. The predicted molar refractivity (Wildman–Crippen MR) is 105 cm³/mol. The molecule has 2 heterocycles. The number of likely N-dealkylation sites (tertiary alicyclic amines) is 1. The lowest BCUT2D eigenvalue weighted by Gasteiger charge is -2.22. The summed E-state index contributed by atoms with van der Waals surface area (Å²) in [5.41, 5.74) is 3.21. The molecule has 5 nitrogen and oxygen atoms in total. The Morgan fingerprint density at radius 2 is 1.93 bits per heavy atom. The average Bonchev–Trinajstić information content (AvgIpc) is 2.99. The highest BCUT2D eigenvalue weighted by Crippen LogP contribution is 2.33. The molecule has 0 spiro atoms. The van der Waals surface area contributed by atoms with E-state index in [1.165, 1.54) is 10.5 Å². The first-order valence-corrected chi connectivity index (χ1v) is 9.80. The third-order valence-electron chi connectivity index (χ3n) is 5.46. The third-order valence-corrected chi connectivity index (χ3v) is 5.46. The Kier molecular flexibility index (Phi) is 5.30. The molecule has 0 radical (unpaired) electrons. The van der Waals surface area contributed by atoms with E-state index in [0.29, 0.717) is 25.8 Å². The molecule has 2 aliphatic heterocycles. The molecule has 2 aromatic rings. The fraction of sp³-hybridized carbons (Fsp3) is 0.409. The summed E-state index contributed by atoms with van der Waals surface area (Å²) < 4.78 is 11.6. The smallest absolute Gasteiger partial charge is 0.279 e. The molecule has 5 heteroatoms. The van der Waals surface area contributed by atoms with Gasteiger partial charge in [0.05, 0.1) is 19.8 Å². The summed E-state index contributed by atoms with van der Waals surface area (Å²) in [5, 5.41) is 3.06. The van der Waals surface area contributed by atoms with Crippen LogP contribution in [0, 0.1) is 6.92 Å².